The number of carboxylic acids is 1. The monoisotopic (exact) mass is 462 g/mol. The van der Waals surface area contributed by atoms with Gasteiger partial charge >= 0.3 is 12.1 Å². The number of nitrogens with one attached hydrogen (secondary N) is 2. The van der Waals surface area contributed by atoms with Gasteiger partial charge < -0.3 is 15.2 Å². The molecule has 3 N–H and O–H groups in total. The summed E-state index contributed by atoms with van der Waals surface area (Å²) in [4.78, 5) is 35.8. The summed E-state index contributed by atoms with van der Waals surface area (Å²) in [5.41, 5.74) is 2.55. The van der Waals surface area contributed by atoms with Gasteiger partial charge in [-0.3, -0.25) is 10.1 Å². The molecule has 0 spiro atoms. The van der Waals surface area contributed by atoms with Crippen molar-refractivity contribution in [2.24, 2.45) is 0 Å². The molecule has 174 valence electrons. The van der Waals surface area contributed by atoms with Crippen molar-refractivity contribution in [1.82, 2.24) is 5.32 Å². The number of aliphatic carboxylic acids is 1. The Morgan fingerprint density at radius 1 is 0.971 bits per heavy atom. The second-order valence-corrected chi connectivity index (χ2v) is 8.53. The van der Waals surface area contributed by atoms with Crippen LogP contribution in [0.5, 0.6) is 0 Å². The summed E-state index contributed by atoms with van der Waals surface area (Å²) < 4.78 is 19.9. The fourth-order valence-electron chi connectivity index (χ4n) is 3.93. The summed E-state index contributed by atoms with van der Waals surface area (Å²) >= 11 is 0. The molecule has 0 saturated carbocycles. The Bertz CT molecular complexity index is 1240. The number of anilines is 1. The fraction of sp³-hybridized carbons (Fsp3) is 0.192. The van der Waals surface area contributed by atoms with Gasteiger partial charge in [0, 0.05) is 11.6 Å². The summed E-state index contributed by atoms with van der Waals surface area (Å²) in [6.07, 6.45) is -0.759. The molecule has 3 aromatic carbocycles. The van der Waals surface area contributed by atoms with Crippen molar-refractivity contribution in [1.29, 1.82) is 0 Å². The lowest BCUT2D eigenvalue weighted by Gasteiger charge is -2.21. The molecule has 34 heavy (non-hydrogen) atoms. The molecule has 0 heterocycles. The molecule has 0 atom stereocenters. The second-order valence-electron chi connectivity index (χ2n) is 8.53. The largest absolute Gasteiger partial charge is 0.480 e. The van der Waals surface area contributed by atoms with Crippen molar-refractivity contribution in [3.8, 4) is 11.1 Å². The van der Waals surface area contributed by atoms with Crippen LogP contribution in [-0.2, 0) is 9.53 Å². The zero-order valence-corrected chi connectivity index (χ0v) is 18.6. The van der Waals surface area contributed by atoms with E-state index in [2.05, 4.69) is 10.6 Å². The molecular formula is C26H23FN2O5. The predicted octanol–water partition coefficient (Wildman–Crippen LogP) is 4.78. The number of hydrogen-bond acceptors (Lipinski definition) is 4. The molecule has 0 aromatic heterocycles. The van der Waals surface area contributed by atoms with E-state index in [0.29, 0.717) is 0 Å². The van der Waals surface area contributed by atoms with Gasteiger partial charge in [0.05, 0.1) is 5.56 Å². The van der Waals surface area contributed by atoms with Crippen LogP contribution in [0.25, 0.3) is 11.1 Å². The molecule has 4 rings (SSSR count). The van der Waals surface area contributed by atoms with Gasteiger partial charge in [-0.15, -0.1) is 0 Å². The lowest BCUT2D eigenvalue weighted by Crippen LogP contribution is -2.49. The Hall–Kier alpha value is -4.20. The molecule has 8 heteroatoms. The normalized spacial score (nSPS) is 12.4. The van der Waals surface area contributed by atoms with Crippen LogP contribution in [0.4, 0.5) is 14.9 Å². The van der Waals surface area contributed by atoms with Crippen LogP contribution in [0.1, 0.15) is 41.3 Å². The average Bonchev–Trinajstić information content (AvgIpc) is 3.11. The third-order valence-electron chi connectivity index (χ3n) is 5.76. The van der Waals surface area contributed by atoms with Gasteiger partial charge in [0.25, 0.3) is 5.91 Å². The molecule has 0 bridgehead atoms. The lowest BCUT2D eigenvalue weighted by atomic mass is 9.98. The molecule has 0 fully saturated rings. The van der Waals surface area contributed by atoms with Crippen molar-refractivity contribution in [3.63, 3.8) is 0 Å². The third kappa shape index (κ3) is 4.47. The first-order chi connectivity index (χ1) is 16.2. The van der Waals surface area contributed by atoms with Gasteiger partial charge in [-0.25, -0.2) is 14.0 Å². The quantitative estimate of drug-likeness (QED) is 0.489. The maximum Gasteiger partial charge on any atom is 0.411 e. The highest BCUT2D eigenvalue weighted by atomic mass is 19.1. The Morgan fingerprint density at radius 2 is 1.56 bits per heavy atom. The Morgan fingerprint density at radius 3 is 2.12 bits per heavy atom. The van der Waals surface area contributed by atoms with E-state index in [4.69, 9.17) is 9.84 Å². The van der Waals surface area contributed by atoms with Crippen molar-refractivity contribution >= 4 is 23.7 Å². The van der Waals surface area contributed by atoms with Gasteiger partial charge in [0.1, 0.15) is 18.0 Å². The highest BCUT2D eigenvalue weighted by molar-refractivity contribution is 5.98. The minimum Gasteiger partial charge on any atom is -0.480 e. The van der Waals surface area contributed by atoms with E-state index in [1.807, 2.05) is 48.5 Å². The van der Waals surface area contributed by atoms with Crippen molar-refractivity contribution in [3.05, 3.63) is 89.2 Å². The van der Waals surface area contributed by atoms with Crippen LogP contribution in [-0.4, -0.2) is 35.2 Å². The molecule has 0 aliphatic heterocycles. The van der Waals surface area contributed by atoms with Crippen LogP contribution >= 0.6 is 0 Å². The average molecular weight is 462 g/mol. The van der Waals surface area contributed by atoms with Gasteiger partial charge in [0.15, 0.2) is 0 Å². The smallest absolute Gasteiger partial charge is 0.411 e. The lowest BCUT2D eigenvalue weighted by molar-refractivity contribution is -0.143. The van der Waals surface area contributed by atoms with Crippen LogP contribution in [0.2, 0.25) is 0 Å². The van der Waals surface area contributed by atoms with Crippen molar-refractivity contribution in [2.45, 2.75) is 25.3 Å². The van der Waals surface area contributed by atoms with Gasteiger partial charge in [-0.1, -0.05) is 48.5 Å². The summed E-state index contributed by atoms with van der Waals surface area (Å²) in [6.45, 7) is 2.68. The molecule has 7 nitrogen and oxygen atoms in total. The molecule has 1 aliphatic rings. The van der Waals surface area contributed by atoms with E-state index in [0.717, 1.165) is 28.3 Å². The molecule has 0 unspecified atom stereocenters. The summed E-state index contributed by atoms with van der Waals surface area (Å²) in [5, 5.41) is 13.8. The second kappa shape index (κ2) is 8.97. The first-order valence-corrected chi connectivity index (χ1v) is 10.6. The van der Waals surface area contributed by atoms with Crippen molar-refractivity contribution in [2.75, 3.05) is 11.9 Å². The van der Waals surface area contributed by atoms with Gasteiger partial charge in [-0.05, 0) is 54.3 Å². The van der Waals surface area contributed by atoms with E-state index < -0.39 is 29.3 Å². The zero-order valence-electron chi connectivity index (χ0n) is 18.6. The number of carbonyl (C=O) groups excluding carboxylic acids is 2. The van der Waals surface area contributed by atoms with Crippen LogP contribution in [0.3, 0.4) is 0 Å². The minimum absolute atomic E-state index is 0.101. The number of halogens is 1. The molecule has 0 saturated heterocycles. The third-order valence-corrected chi connectivity index (χ3v) is 5.76. The van der Waals surface area contributed by atoms with Crippen LogP contribution in [0.15, 0.2) is 66.7 Å². The maximum absolute atomic E-state index is 14.5. The van der Waals surface area contributed by atoms with Crippen LogP contribution < -0.4 is 10.6 Å². The van der Waals surface area contributed by atoms with E-state index in [1.54, 1.807) is 0 Å². The number of hydrogen-bond donors (Lipinski definition) is 3. The minimum atomic E-state index is -1.57. The van der Waals surface area contributed by atoms with E-state index in [-0.39, 0.29) is 23.8 Å². The molecule has 1 aliphatic carbocycles. The van der Waals surface area contributed by atoms with E-state index in [9.17, 15) is 18.8 Å². The topological polar surface area (TPSA) is 105 Å². The maximum atomic E-state index is 14.5. The number of fused-ring (bicyclic) bond motifs is 3. The predicted molar refractivity (Wildman–Crippen MR) is 124 cm³/mol. The number of ether oxygens (including phenoxy) is 1. The zero-order chi connectivity index (χ0) is 24.5. The van der Waals surface area contributed by atoms with Gasteiger partial charge in [0.2, 0.25) is 0 Å². The van der Waals surface area contributed by atoms with Crippen LogP contribution in [0, 0.1) is 5.82 Å². The SMILES string of the molecule is CC(C)(NC(=O)c1ccc(NC(=O)OCC2c3ccccc3-c3ccccc32)cc1F)C(=O)O. The summed E-state index contributed by atoms with van der Waals surface area (Å²) in [5.74, 6) is -3.15. The number of benzene rings is 3. The van der Waals surface area contributed by atoms with Crippen molar-refractivity contribution < 1.29 is 28.6 Å². The number of carboxylic acid groups (broad SMARTS) is 1. The van der Waals surface area contributed by atoms with E-state index in [1.165, 1.54) is 26.0 Å². The first kappa shape index (κ1) is 23.0. The Balaban J connectivity index is 1.41. The van der Waals surface area contributed by atoms with Gasteiger partial charge in [-0.2, -0.15) is 0 Å². The highest BCUT2D eigenvalue weighted by Crippen LogP contribution is 2.44. The Labute approximate surface area is 195 Å². The molecule has 0 radical (unpaired) electrons. The highest BCUT2D eigenvalue weighted by Gasteiger charge is 2.31. The first-order valence-electron chi connectivity index (χ1n) is 10.6. The number of carbonyl (C=O) groups is 3. The Kier molecular flexibility index (Phi) is 6.06. The molecular weight excluding hydrogens is 439 g/mol. The fourth-order valence-corrected chi connectivity index (χ4v) is 3.93. The summed E-state index contributed by atoms with van der Waals surface area (Å²) in [6, 6.07) is 19.4. The number of amides is 2. The standard InChI is InChI=1S/C26H23FN2O5/c1-26(2,24(31)32)29-23(30)20-12-11-15(13-22(20)27)28-25(33)34-14-21-18-9-5-3-7-16(18)17-8-4-6-10-19(17)21/h3-13,21H,14H2,1-2H3,(H,28,33)(H,29,30)(H,31,32). The van der Waals surface area contributed by atoms with E-state index >= 15 is 0 Å². The molecule has 3 aromatic rings. The molecule has 2 amide bonds. The number of rotatable bonds is 6. The summed E-state index contributed by atoms with van der Waals surface area (Å²) in [7, 11) is 0.